The van der Waals surface area contributed by atoms with Crippen LogP contribution in [0.3, 0.4) is 0 Å². The molecule has 128 valence electrons. The minimum Gasteiger partial charge on any atom is -0.335 e. The molecule has 0 unspecified atom stereocenters. The van der Waals surface area contributed by atoms with Gasteiger partial charge in [-0.1, -0.05) is 12.1 Å². The molecule has 4 amide bonds. The Morgan fingerprint density at radius 1 is 1.04 bits per heavy atom. The van der Waals surface area contributed by atoms with Crippen molar-refractivity contribution in [3.05, 3.63) is 39.9 Å². The number of nitro groups is 1. The molecule has 0 spiro atoms. The van der Waals surface area contributed by atoms with Crippen LogP contribution in [-0.2, 0) is 0 Å². The van der Waals surface area contributed by atoms with Crippen LogP contribution < -0.4 is 10.6 Å². The van der Waals surface area contributed by atoms with Gasteiger partial charge in [-0.3, -0.25) is 10.1 Å². The summed E-state index contributed by atoms with van der Waals surface area (Å²) in [6.45, 7) is 1.90. The fourth-order valence-electron chi connectivity index (χ4n) is 3.54. The number of non-ortho nitro benzene ring substituents is 1. The second-order valence-electron chi connectivity index (χ2n) is 6.23. The second kappa shape index (κ2) is 5.66. The van der Waals surface area contributed by atoms with Crippen molar-refractivity contribution in [1.82, 2.24) is 20.4 Å². The van der Waals surface area contributed by atoms with Crippen LogP contribution in [0.1, 0.15) is 18.5 Å². The molecule has 0 bridgehead atoms. The Balaban J connectivity index is 2.01. The highest BCUT2D eigenvalue weighted by Crippen LogP contribution is 2.38. The van der Waals surface area contributed by atoms with Gasteiger partial charge in [-0.15, -0.1) is 0 Å². The number of nitrogens with one attached hydrogen (secondary N) is 2. The maximum Gasteiger partial charge on any atom is 0.319 e. The van der Waals surface area contributed by atoms with Crippen molar-refractivity contribution < 1.29 is 14.5 Å². The van der Waals surface area contributed by atoms with Crippen LogP contribution >= 0.6 is 0 Å². The van der Waals surface area contributed by atoms with E-state index in [0.717, 1.165) is 5.56 Å². The van der Waals surface area contributed by atoms with Crippen molar-refractivity contribution in [1.29, 1.82) is 0 Å². The first-order chi connectivity index (χ1) is 11.3. The lowest BCUT2D eigenvalue weighted by molar-refractivity contribution is -0.384. The molecule has 2 saturated heterocycles. The lowest BCUT2D eigenvalue weighted by atomic mass is 9.81. The van der Waals surface area contributed by atoms with E-state index in [2.05, 4.69) is 10.6 Å². The molecule has 1 aromatic rings. The summed E-state index contributed by atoms with van der Waals surface area (Å²) in [6, 6.07) is 5.20. The van der Waals surface area contributed by atoms with Crippen molar-refractivity contribution in [3.8, 4) is 0 Å². The van der Waals surface area contributed by atoms with E-state index < -0.39 is 11.1 Å². The Hall–Kier alpha value is -2.84. The van der Waals surface area contributed by atoms with Gasteiger partial charge in [0.05, 0.1) is 11.0 Å². The van der Waals surface area contributed by atoms with E-state index in [0.29, 0.717) is 0 Å². The normalized spacial score (nSPS) is 29.6. The predicted octanol–water partition coefficient (Wildman–Crippen LogP) is 1.28. The van der Waals surface area contributed by atoms with E-state index >= 15 is 0 Å². The molecule has 1 aromatic carbocycles. The number of amides is 4. The standard InChI is InChI=1S/C15H19N5O4/c1-8-11-12(9-4-6-10(7-5-9)20(23)24)18(2)15(22)17-13(11)19(3)14(21)16-8/h4-8,11-13H,1-3H3,(H,16,21)(H,17,22)/t8-,11+,12-,13-/m0/s1. The summed E-state index contributed by atoms with van der Waals surface area (Å²) in [5.74, 6) is -0.100. The van der Waals surface area contributed by atoms with Gasteiger partial charge >= 0.3 is 12.1 Å². The van der Waals surface area contributed by atoms with E-state index in [1.54, 1.807) is 31.1 Å². The molecule has 2 N–H and O–H groups in total. The molecule has 2 heterocycles. The van der Waals surface area contributed by atoms with Crippen molar-refractivity contribution in [2.45, 2.75) is 25.2 Å². The minimum atomic E-state index is -0.457. The molecule has 0 aromatic heterocycles. The first kappa shape index (κ1) is 16.0. The maximum atomic E-state index is 12.3. The number of nitro benzene ring substituents is 1. The van der Waals surface area contributed by atoms with Gasteiger partial charge in [0.15, 0.2) is 0 Å². The molecule has 2 fully saturated rings. The third-order valence-electron chi connectivity index (χ3n) is 4.85. The van der Waals surface area contributed by atoms with Crippen LogP contribution in [0.4, 0.5) is 15.3 Å². The predicted molar refractivity (Wildman–Crippen MR) is 85.2 cm³/mol. The molecule has 9 nitrogen and oxygen atoms in total. The van der Waals surface area contributed by atoms with Gasteiger partial charge in [-0.2, -0.15) is 0 Å². The molecule has 0 radical (unpaired) electrons. The molecular weight excluding hydrogens is 314 g/mol. The van der Waals surface area contributed by atoms with E-state index in [1.165, 1.54) is 17.0 Å². The maximum absolute atomic E-state index is 12.3. The number of hydrogen-bond acceptors (Lipinski definition) is 4. The highest BCUT2D eigenvalue weighted by molar-refractivity contribution is 5.80. The molecule has 3 rings (SSSR count). The fourth-order valence-corrected chi connectivity index (χ4v) is 3.54. The zero-order valence-electron chi connectivity index (χ0n) is 13.6. The molecule has 24 heavy (non-hydrogen) atoms. The van der Waals surface area contributed by atoms with Crippen molar-refractivity contribution in [3.63, 3.8) is 0 Å². The number of benzene rings is 1. The molecule has 4 atom stereocenters. The van der Waals surface area contributed by atoms with Crippen LogP contribution in [0.5, 0.6) is 0 Å². The summed E-state index contributed by atoms with van der Waals surface area (Å²) in [7, 11) is 3.32. The molecule has 0 aliphatic carbocycles. The molecule has 2 aliphatic heterocycles. The van der Waals surface area contributed by atoms with Crippen molar-refractivity contribution in [2.75, 3.05) is 14.1 Å². The van der Waals surface area contributed by atoms with E-state index in [-0.39, 0.29) is 35.8 Å². The summed E-state index contributed by atoms with van der Waals surface area (Å²) in [6.07, 6.45) is -0.433. The summed E-state index contributed by atoms with van der Waals surface area (Å²) in [5.41, 5.74) is 0.796. The van der Waals surface area contributed by atoms with Crippen LogP contribution in [-0.4, -0.2) is 53.1 Å². The molecule has 9 heteroatoms. The Morgan fingerprint density at radius 2 is 1.62 bits per heavy atom. The largest absolute Gasteiger partial charge is 0.335 e. The second-order valence-corrected chi connectivity index (χ2v) is 6.23. The van der Waals surface area contributed by atoms with Gasteiger partial charge in [0.25, 0.3) is 5.69 Å². The van der Waals surface area contributed by atoms with Gasteiger partial charge < -0.3 is 20.4 Å². The number of nitrogens with zero attached hydrogens (tertiary/aromatic N) is 3. The van der Waals surface area contributed by atoms with Gasteiger partial charge in [-0.05, 0) is 12.5 Å². The first-order valence-electron chi connectivity index (χ1n) is 7.62. The molecule has 2 aliphatic rings. The third-order valence-corrected chi connectivity index (χ3v) is 4.85. The van der Waals surface area contributed by atoms with E-state index in [4.69, 9.17) is 0 Å². The third kappa shape index (κ3) is 2.41. The van der Waals surface area contributed by atoms with Crippen LogP contribution in [0.15, 0.2) is 24.3 Å². The average Bonchev–Trinajstić information content (AvgIpc) is 2.54. The topological polar surface area (TPSA) is 108 Å². The number of urea groups is 2. The summed E-state index contributed by atoms with van der Waals surface area (Å²) in [5, 5.41) is 16.6. The highest BCUT2D eigenvalue weighted by Gasteiger charge is 2.49. The molecular formula is C15H19N5O4. The molecule has 0 saturated carbocycles. The Kier molecular flexibility index (Phi) is 3.78. The van der Waals surface area contributed by atoms with Gasteiger partial charge in [0.2, 0.25) is 0 Å². The first-order valence-corrected chi connectivity index (χ1v) is 7.62. The summed E-state index contributed by atoms with van der Waals surface area (Å²) >= 11 is 0. The smallest absolute Gasteiger partial charge is 0.319 e. The zero-order valence-corrected chi connectivity index (χ0v) is 13.6. The van der Waals surface area contributed by atoms with Crippen LogP contribution in [0, 0.1) is 16.0 Å². The monoisotopic (exact) mass is 333 g/mol. The quantitative estimate of drug-likeness (QED) is 0.628. The summed E-state index contributed by atoms with van der Waals surface area (Å²) < 4.78 is 0. The van der Waals surface area contributed by atoms with Gasteiger partial charge in [-0.25, -0.2) is 9.59 Å². The number of carbonyl (C=O) groups is 2. The number of fused-ring (bicyclic) bond motifs is 1. The van der Waals surface area contributed by atoms with Crippen LogP contribution in [0.2, 0.25) is 0 Å². The van der Waals surface area contributed by atoms with Crippen molar-refractivity contribution in [2.24, 2.45) is 5.92 Å². The SMILES string of the molecule is C[C@@H]1NC(=O)N(C)[C@@H]2NC(=O)N(C)[C@@H](c3ccc([N+](=O)[O-])cc3)[C@@H]12. The number of rotatable bonds is 2. The van der Waals surface area contributed by atoms with Gasteiger partial charge in [0, 0.05) is 38.2 Å². The van der Waals surface area contributed by atoms with E-state index in [9.17, 15) is 19.7 Å². The summed E-state index contributed by atoms with van der Waals surface area (Å²) in [4.78, 5) is 37.7. The lowest BCUT2D eigenvalue weighted by Gasteiger charge is -2.52. The number of hydrogen-bond donors (Lipinski definition) is 2. The van der Waals surface area contributed by atoms with E-state index in [1.807, 2.05) is 6.92 Å². The average molecular weight is 333 g/mol. The Morgan fingerprint density at radius 3 is 2.21 bits per heavy atom. The number of carbonyl (C=O) groups excluding carboxylic acids is 2. The van der Waals surface area contributed by atoms with Crippen molar-refractivity contribution >= 4 is 17.7 Å². The van der Waals surface area contributed by atoms with Gasteiger partial charge in [0.1, 0.15) is 6.17 Å². The van der Waals surface area contributed by atoms with Crippen LogP contribution in [0.25, 0.3) is 0 Å². The highest BCUT2D eigenvalue weighted by atomic mass is 16.6. The lowest BCUT2D eigenvalue weighted by Crippen LogP contribution is -2.71. The Labute approximate surface area is 138 Å². The fraction of sp³-hybridized carbons (Fsp3) is 0.467. The zero-order chi connectivity index (χ0) is 17.6. The minimum absolute atomic E-state index is 0.000303. The Bertz CT molecular complexity index is 692.